The number of hydrogen-bond donors (Lipinski definition) is 0. The van der Waals surface area contributed by atoms with Crippen LogP contribution in [0.4, 0.5) is 0 Å². The van der Waals surface area contributed by atoms with Gasteiger partial charge in [-0.15, -0.1) is 0 Å². The van der Waals surface area contributed by atoms with Gasteiger partial charge in [0.15, 0.2) is 8.03 Å². The second-order valence-corrected chi connectivity index (χ2v) is 6.33. The number of rotatable bonds is 6. The molecule has 1 fully saturated rings. The first-order valence-electron chi connectivity index (χ1n) is 6.44. The van der Waals surface area contributed by atoms with Crippen molar-refractivity contribution in [1.82, 2.24) is 0 Å². The van der Waals surface area contributed by atoms with Gasteiger partial charge in [0.1, 0.15) is 0 Å². The third-order valence-electron chi connectivity index (χ3n) is 3.37. The molecular weight excluding hydrogens is 207 g/mol. The van der Waals surface area contributed by atoms with Crippen LogP contribution in [0.15, 0.2) is 0 Å². The molecule has 0 saturated heterocycles. The van der Waals surface area contributed by atoms with Crippen molar-refractivity contribution in [3.8, 4) is 0 Å². The monoisotopic (exact) mass is 232 g/mol. The summed E-state index contributed by atoms with van der Waals surface area (Å²) in [5, 5.41) is 0. The summed E-state index contributed by atoms with van der Waals surface area (Å²) in [6.07, 6.45) is 10.3. The second kappa shape index (κ2) is 6.70. The normalized spacial score (nSPS) is 22.5. The van der Waals surface area contributed by atoms with E-state index in [4.69, 9.17) is 4.52 Å². The lowest BCUT2D eigenvalue weighted by Gasteiger charge is -2.37. The third-order valence-corrected chi connectivity index (χ3v) is 4.61. The van der Waals surface area contributed by atoms with Crippen molar-refractivity contribution in [3.05, 3.63) is 0 Å². The van der Waals surface area contributed by atoms with E-state index in [0.717, 1.165) is 19.3 Å². The number of hydrogen-bond acceptors (Lipinski definition) is 2. The SMILES string of the molecule is CCCCC1(O[PH](=O)CC)CCCCC1. The van der Waals surface area contributed by atoms with Crippen molar-refractivity contribution in [2.45, 2.75) is 70.8 Å². The minimum atomic E-state index is -1.77. The Balaban J connectivity index is 2.53. The predicted octanol–water partition coefficient (Wildman–Crippen LogP) is 4.39. The van der Waals surface area contributed by atoms with E-state index in [2.05, 4.69) is 6.92 Å². The first-order valence-corrected chi connectivity index (χ1v) is 7.96. The number of unbranched alkanes of at least 4 members (excludes halogenated alkanes) is 1. The average Bonchev–Trinajstić information content (AvgIpc) is 2.27. The lowest BCUT2D eigenvalue weighted by Crippen LogP contribution is -2.33. The molecule has 0 aromatic rings. The molecular formula is C12H25O2P. The first kappa shape index (κ1) is 13.3. The minimum absolute atomic E-state index is 0.0136. The average molecular weight is 232 g/mol. The summed E-state index contributed by atoms with van der Waals surface area (Å²) in [7, 11) is -1.77. The van der Waals surface area contributed by atoms with E-state index in [0.29, 0.717) is 6.16 Å². The Hall–Kier alpha value is 0.190. The fourth-order valence-electron chi connectivity index (χ4n) is 2.41. The lowest BCUT2D eigenvalue weighted by atomic mass is 9.81. The largest absolute Gasteiger partial charge is 0.324 e. The summed E-state index contributed by atoms with van der Waals surface area (Å²) in [5.74, 6) is 0. The van der Waals surface area contributed by atoms with Crippen LogP contribution in [-0.2, 0) is 9.09 Å². The van der Waals surface area contributed by atoms with E-state index in [9.17, 15) is 4.57 Å². The highest BCUT2D eigenvalue weighted by Gasteiger charge is 2.33. The van der Waals surface area contributed by atoms with Crippen molar-refractivity contribution in [2.75, 3.05) is 6.16 Å². The van der Waals surface area contributed by atoms with Gasteiger partial charge in [-0.05, 0) is 19.3 Å². The Labute approximate surface area is 94.7 Å². The highest BCUT2D eigenvalue weighted by Crippen LogP contribution is 2.42. The van der Waals surface area contributed by atoms with Gasteiger partial charge in [-0.25, -0.2) is 0 Å². The van der Waals surface area contributed by atoms with E-state index in [1.165, 1.54) is 32.1 Å². The molecule has 3 heteroatoms. The molecule has 0 aromatic heterocycles. The summed E-state index contributed by atoms with van der Waals surface area (Å²) in [4.78, 5) is 0. The standard InChI is InChI=1S/C12H25O2P/c1-3-5-9-12(14-15(13)4-2)10-7-6-8-11-12/h15H,3-11H2,1-2H3. The zero-order valence-electron chi connectivity index (χ0n) is 10.2. The Morgan fingerprint density at radius 3 is 2.40 bits per heavy atom. The first-order chi connectivity index (χ1) is 7.22. The van der Waals surface area contributed by atoms with Gasteiger partial charge >= 0.3 is 0 Å². The maximum Gasteiger partial charge on any atom is 0.191 e. The van der Waals surface area contributed by atoms with Gasteiger partial charge in [0.2, 0.25) is 0 Å². The van der Waals surface area contributed by atoms with Crippen molar-refractivity contribution in [1.29, 1.82) is 0 Å². The minimum Gasteiger partial charge on any atom is -0.324 e. The van der Waals surface area contributed by atoms with Crippen molar-refractivity contribution in [3.63, 3.8) is 0 Å². The molecule has 1 unspecified atom stereocenters. The molecule has 1 atom stereocenters. The van der Waals surface area contributed by atoms with Crippen LogP contribution in [-0.4, -0.2) is 11.8 Å². The molecule has 0 spiro atoms. The van der Waals surface area contributed by atoms with Crippen LogP contribution in [0.5, 0.6) is 0 Å². The molecule has 2 nitrogen and oxygen atoms in total. The molecule has 1 rings (SSSR count). The van der Waals surface area contributed by atoms with Crippen molar-refractivity contribution < 1.29 is 9.09 Å². The molecule has 1 aliphatic rings. The van der Waals surface area contributed by atoms with Gasteiger partial charge in [-0.1, -0.05) is 46.0 Å². The highest BCUT2D eigenvalue weighted by molar-refractivity contribution is 7.39. The Morgan fingerprint density at radius 1 is 1.20 bits per heavy atom. The third kappa shape index (κ3) is 4.28. The van der Waals surface area contributed by atoms with Gasteiger partial charge in [0.05, 0.1) is 5.60 Å². The fraction of sp³-hybridized carbons (Fsp3) is 1.00. The molecule has 0 radical (unpaired) electrons. The Kier molecular flexibility index (Phi) is 5.92. The molecule has 0 aliphatic heterocycles. The van der Waals surface area contributed by atoms with E-state index < -0.39 is 8.03 Å². The van der Waals surface area contributed by atoms with Crippen molar-refractivity contribution in [2.24, 2.45) is 0 Å². The van der Waals surface area contributed by atoms with E-state index >= 15 is 0 Å². The van der Waals surface area contributed by atoms with Crippen LogP contribution in [0.25, 0.3) is 0 Å². The summed E-state index contributed by atoms with van der Waals surface area (Å²) in [6.45, 7) is 4.16. The van der Waals surface area contributed by atoms with Crippen molar-refractivity contribution >= 4 is 8.03 Å². The molecule has 0 amide bonds. The fourth-order valence-corrected chi connectivity index (χ4v) is 3.35. The van der Waals surface area contributed by atoms with Crippen LogP contribution >= 0.6 is 8.03 Å². The quantitative estimate of drug-likeness (QED) is 0.635. The smallest absolute Gasteiger partial charge is 0.191 e. The molecule has 15 heavy (non-hydrogen) atoms. The molecule has 0 bridgehead atoms. The van der Waals surface area contributed by atoms with Gasteiger partial charge < -0.3 is 4.52 Å². The zero-order chi connectivity index (χ0) is 11.1. The van der Waals surface area contributed by atoms with E-state index in [1.54, 1.807) is 0 Å². The van der Waals surface area contributed by atoms with Crippen LogP contribution in [0.2, 0.25) is 0 Å². The van der Waals surface area contributed by atoms with Gasteiger partial charge in [-0.3, -0.25) is 4.57 Å². The maximum absolute atomic E-state index is 11.6. The van der Waals surface area contributed by atoms with Crippen LogP contribution in [0, 0.1) is 0 Å². The molecule has 0 N–H and O–H groups in total. The zero-order valence-corrected chi connectivity index (χ0v) is 11.2. The molecule has 1 saturated carbocycles. The molecule has 0 aromatic carbocycles. The van der Waals surface area contributed by atoms with Crippen LogP contribution in [0.3, 0.4) is 0 Å². The maximum atomic E-state index is 11.6. The predicted molar refractivity (Wildman–Crippen MR) is 66.0 cm³/mol. The second-order valence-electron chi connectivity index (χ2n) is 4.67. The molecule has 0 heterocycles. The topological polar surface area (TPSA) is 26.3 Å². The van der Waals surface area contributed by atoms with Crippen LogP contribution in [0.1, 0.15) is 65.2 Å². The highest BCUT2D eigenvalue weighted by atomic mass is 31.1. The Morgan fingerprint density at radius 2 is 1.87 bits per heavy atom. The lowest BCUT2D eigenvalue weighted by molar-refractivity contribution is 0.0281. The summed E-state index contributed by atoms with van der Waals surface area (Å²) < 4.78 is 17.5. The van der Waals surface area contributed by atoms with Gasteiger partial charge in [0, 0.05) is 6.16 Å². The van der Waals surface area contributed by atoms with Crippen LogP contribution < -0.4 is 0 Å². The van der Waals surface area contributed by atoms with Gasteiger partial charge in [0.25, 0.3) is 0 Å². The summed E-state index contributed by atoms with van der Waals surface area (Å²) >= 11 is 0. The molecule has 1 aliphatic carbocycles. The van der Waals surface area contributed by atoms with Gasteiger partial charge in [-0.2, -0.15) is 0 Å². The molecule has 90 valence electrons. The summed E-state index contributed by atoms with van der Waals surface area (Å²) in [5.41, 5.74) is -0.0136. The van der Waals surface area contributed by atoms with E-state index in [1.807, 2.05) is 6.92 Å². The van der Waals surface area contributed by atoms with E-state index in [-0.39, 0.29) is 5.60 Å². The summed E-state index contributed by atoms with van der Waals surface area (Å²) in [6, 6.07) is 0. The Bertz CT molecular complexity index is 198.